The van der Waals surface area contributed by atoms with Crippen LogP contribution in [0.1, 0.15) is 13.8 Å². The number of nitrogens with one attached hydrogen (secondary N) is 2. The number of hydrogen-bond acceptors (Lipinski definition) is 4. The predicted octanol–water partition coefficient (Wildman–Crippen LogP) is -1.05. The van der Waals surface area contributed by atoms with Gasteiger partial charge in [-0.25, -0.2) is 4.79 Å². The molecule has 0 aromatic rings. The van der Waals surface area contributed by atoms with Crippen LogP contribution in [0.2, 0.25) is 0 Å². The minimum atomic E-state index is -0.523. The van der Waals surface area contributed by atoms with Crippen LogP contribution in [-0.2, 0) is 0 Å². The van der Waals surface area contributed by atoms with E-state index in [1.165, 1.54) is 0 Å². The third-order valence-electron chi connectivity index (χ3n) is 2.34. The van der Waals surface area contributed by atoms with Crippen molar-refractivity contribution in [2.24, 2.45) is 5.73 Å². The van der Waals surface area contributed by atoms with Gasteiger partial charge in [-0.15, -0.1) is 0 Å². The summed E-state index contributed by atoms with van der Waals surface area (Å²) in [5.74, 6) is 0. The van der Waals surface area contributed by atoms with Crippen LogP contribution in [0.25, 0.3) is 0 Å². The zero-order chi connectivity index (χ0) is 12.4. The second-order valence-electron chi connectivity index (χ2n) is 3.63. The molecule has 0 saturated carbocycles. The van der Waals surface area contributed by atoms with Crippen molar-refractivity contribution in [3.05, 3.63) is 0 Å². The van der Waals surface area contributed by atoms with Crippen molar-refractivity contribution >= 4 is 6.03 Å². The van der Waals surface area contributed by atoms with E-state index in [2.05, 4.69) is 29.4 Å². The molecule has 0 radical (unpaired) electrons. The standard InChI is InChI=1S/C10H24N4O2/c1-3-14(4-2)8-9(15)7-12-5-6-13-10(11)16/h9,12,15H,3-8H2,1-2H3,(H3,11,13,16). The highest BCUT2D eigenvalue weighted by atomic mass is 16.3. The summed E-state index contributed by atoms with van der Waals surface area (Å²) in [6.07, 6.45) is -0.381. The number of nitrogens with two attached hydrogens (primary N) is 1. The van der Waals surface area contributed by atoms with Gasteiger partial charge in [0.15, 0.2) is 0 Å². The molecule has 16 heavy (non-hydrogen) atoms. The summed E-state index contributed by atoms with van der Waals surface area (Å²) in [6, 6.07) is -0.523. The smallest absolute Gasteiger partial charge is 0.312 e. The van der Waals surface area contributed by atoms with Crippen LogP contribution in [0.15, 0.2) is 0 Å². The van der Waals surface area contributed by atoms with Gasteiger partial charge in [0.05, 0.1) is 6.10 Å². The Morgan fingerprint density at radius 1 is 1.38 bits per heavy atom. The fourth-order valence-electron chi connectivity index (χ4n) is 1.39. The average molecular weight is 232 g/mol. The van der Waals surface area contributed by atoms with Crippen molar-refractivity contribution < 1.29 is 9.90 Å². The molecule has 2 amide bonds. The third-order valence-corrected chi connectivity index (χ3v) is 2.34. The molecule has 0 aromatic carbocycles. The molecule has 6 nitrogen and oxygen atoms in total. The summed E-state index contributed by atoms with van der Waals surface area (Å²) >= 11 is 0. The first-order chi connectivity index (χ1) is 7.60. The maximum Gasteiger partial charge on any atom is 0.312 e. The van der Waals surface area contributed by atoms with Crippen molar-refractivity contribution in [3.8, 4) is 0 Å². The monoisotopic (exact) mass is 232 g/mol. The number of urea groups is 1. The SMILES string of the molecule is CCN(CC)CC(O)CNCCNC(N)=O. The van der Waals surface area contributed by atoms with E-state index in [1.807, 2.05) is 0 Å². The molecule has 0 bridgehead atoms. The number of amides is 2. The Hall–Kier alpha value is -0.850. The first-order valence-corrected chi connectivity index (χ1v) is 5.74. The number of carbonyl (C=O) groups excluding carboxylic acids is 1. The average Bonchev–Trinajstić information content (AvgIpc) is 2.25. The van der Waals surface area contributed by atoms with Crippen molar-refractivity contribution in [3.63, 3.8) is 0 Å². The minimum Gasteiger partial charge on any atom is -0.390 e. The van der Waals surface area contributed by atoms with Crippen LogP contribution in [-0.4, -0.2) is 61.4 Å². The summed E-state index contributed by atoms with van der Waals surface area (Å²) in [5.41, 5.74) is 4.90. The Labute approximate surface area is 97.2 Å². The molecule has 5 N–H and O–H groups in total. The maximum absolute atomic E-state index is 10.3. The summed E-state index contributed by atoms with van der Waals surface area (Å²) < 4.78 is 0. The normalized spacial score (nSPS) is 12.8. The van der Waals surface area contributed by atoms with Crippen molar-refractivity contribution in [2.45, 2.75) is 20.0 Å². The van der Waals surface area contributed by atoms with E-state index < -0.39 is 6.03 Å². The first kappa shape index (κ1) is 15.2. The zero-order valence-electron chi connectivity index (χ0n) is 10.2. The van der Waals surface area contributed by atoms with Crippen LogP contribution in [0.4, 0.5) is 4.79 Å². The molecule has 0 heterocycles. The molecule has 0 saturated heterocycles. The lowest BCUT2D eigenvalue weighted by molar-refractivity contribution is 0.117. The largest absolute Gasteiger partial charge is 0.390 e. The Morgan fingerprint density at radius 2 is 2.00 bits per heavy atom. The highest BCUT2D eigenvalue weighted by Gasteiger charge is 2.07. The molecular weight excluding hydrogens is 208 g/mol. The highest BCUT2D eigenvalue weighted by molar-refractivity contribution is 5.71. The lowest BCUT2D eigenvalue weighted by Crippen LogP contribution is -2.41. The van der Waals surface area contributed by atoms with Crippen LogP contribution in [0.3, 0.4) is 0 Å². The number of likely N-dealkylation sites (N-methyl/N-ethyl adjacent to an activating group) is 1. The molecule has 0 fully saturated rings. The minimum absolute atomic E-state index is 0.381. The van der Waals surface area contributed by atoms with Crippen molar-refractivity contribution in [1.82, 2.24) is 15.5 Å². The molecule has 0 spiro atoms. The number of aliphatic hydroxyl groups excluding tert-OH is 1. The van der Waals surface area contributed by atoms with E-state index in [0.29, 0.717) is 26.2 Å². The highest BCUT2D eigenvalue weighted by Crippen LogP contribution is 1.90. The quantitative estimate of drug-likeness (QED) is 0.382. The number of aliphatic hydroxyl groups is 1. The molecule has 1 atom stereocenters. The lowest BCUT2D eigenvalue weighted by atomic mass is 10.3. The van der Waals surface area contributed by atoms with E-state index in [9.17, 15) is 9.90 Å². The molecule has 0 rings (SSSR count). The van der Waals surface area contributed by atoms with E-state index in [1.54, 1.807) is 0 Å². The third kappa shape index (κ3) is 8.46. The topological polar surface area (TPSA) is 90.6 Å². The van der Waals surface area contributed by atoms with E-state index >= 15 is 0 Å². The fourth-order valence-corrected chi connectivity index (χ4v) is 1.39. The Bertz CT molecular complexity index is 186. The van der Waals surface area contributed by atoms with Crippen LogP contribution in [0.5, 0.6) is 0 Å². The number of primary amides is 1. The second kappa shape index (κ2) is 9.38. The van der Waals surface area contributed by atoms with Crippen LogP contribution in [0, 0.1) is 0 Å². The summed E-state index contributed by atoms with van der Waals surface area (Å²) in [7, 11) is 0. The second-order valence-corrected chi connectivity index (χ2v) is 3.63. The van der Waals surface area contributed by atoms with Gasteiger partial charge in [0.2, 0.25) is 0 Å². The Balaban J connectivity index is 3.42. The molecule has 0 aliphatic heterocycles. The fraction of sp³-hybridized carbons (Fsp3) is 0.900. The van der Waals surface area contributed by atoms with Gasteiger partial charge in [0.1, 0.15) is 0 Å². The lowest BCUT2D eigenvalue weighted by Gasteiger charge is -2.22. The van der Waals surface area contributed by atoms with Gasteiger partial charge in [0.25, 0.3) is 0 Å². The number of rotatable bonds is 9. The van der Waals surface area contributed by atoms with Crippen molar-refractivity contribution in [2.75, 3.05) is 39.3 Å². The van der Waals surface area contributed by atoms with Crippen LogP contribution >= 0.6 is 0 Å². The van der Waals surface area contributed by atoms with Gasteiger partial charge < -0.3 is 26.4 Å². The molecule has 0 aliphatic carbocycles. The van der Waals surface area contributed by atoms with Crippen molar-refractivity contribution in [1.29, 1.82) is 0 Å². The summed E-state index contributed by atoms with van der Waals surface area (Å²) in [6.45, 7) is 8.31. The molecule has 1 unspecified atom stereocenters. The van der Waals surface area contributed by atoms with Gasteiger partial charge in [-0.3, -0.25) is 0 Å². The summed E-state index contributed by atoms with van der Waals surface area (Å²) in [4.78, 5) is 12.5. The van der Waals surface area contributed by atoms with E-state index in [0.717, 1.165) is 13.1 Å². The first-order valence-electron chi connectivity index (χ1n) is 5.74. The van der Waals surface area contributed by atoms with Crippen LogP contribution < -0.4 is 16.4 Å². The Morgan fingerprint density at radius 3 is 2.50 bits per heavy atom. The molecule has 0 aliphatic rings. The molecule has 96 valence electrons. The molecular formula is C10H24N4O2. The molecule has 6 heteroatoms. The number of hydrogen-bond donors (Lipinski definition) is 4. The molecule has 0 aromatic heterocycles. The van der Waals surface area contributed by atoms with Gasteiger partial charge in [-0.2, -0.15) is 0 Å². The number of nitrogens with zero attached hydrogens (tertiary/aromatic N) is 1. The van der Waals surface area contributed by atoms with Gasteiger partial charge in [0, 0.05) is 26.2 Å². The predicted molar refractivity (Wildman–Crippen MR) is 64.3 cm³/mol. The van der Waals surface area contributed by atoms with E-state index in [4.69, 9.17) is 5.73 Å². The zero-order valence-corrected chi connectivity index (χ0v) is 10.2. The van der Waals surface area contributed by atoms with Gasteiger partial charge in [-0.05, 0) is 13.1 Å². The summed E-state index contributed by atoms with van der Waals surface area (Å²) in [5, 5.41) is 15.2. The van der Waals surface area contributed by atoms with Gasteiger partial charge >= 0.3 is 6.03 Å². The Kier molecular flexibility index (Phi) is 8.88. The van der Waals surface area contributed by atoms with E-state index in [-0.39, 0.29) is 6.10 Å². The van der Waals surface area contributed by atoms with Gasteiger partial charge in [-0.1, -0.05) is 13.8 Å². The maximum atomic E-state index is 10.3. The number of carbonyl (C=O) groups is 1.